The maximum Gasteiger partial charge on any atom is 0.240 e. The molecule has 112 valence electrons. The second-order valence-corrected chi connectivity index (χ2v) is 4.77. The molecule has 2 N–H and O–H groups in total. The normalized spacial score (nSPS) is 11.9. The van der Waals surface area contributed by atoms with Crippen molar-refractivity contribution in [1.82, 2.24) is 9.97 Å². The maximum atomic E-state index is 6.31. The molecular formula is C15H20N4O2. The SMILES string of the molecule is COc1cnc(C(N)c2cccc(N(C)C)c2)c(OC)n1. The summed E-state index contributed by atoms with van der Waals surface area (Å²) in [5.41, 5.74) is 8.91. The van der Waals surface area contributed by atoms with Crippen LogP contribution in [0.2, 0.25) is 0 Å². The quantitative estimate of drug-likeness (QED) is 0.901. The van der Waals surface area contributed by atoms with Gasteiger partial charge in [-0.2, -0.15) is 4.98 Å². The Balaban J connectivity index is 2.39. The molecule has 0 radical (unpaired) electrons. The standard InChI is InChI=1S/C15H20N4O2/c1-19(2)11-7-5-6-10(8-11)13(16)14-15(21-4)18-12(20-3)9-17-14/h5-9,13H,16H2,1-4H3. The lowest BCUT2D eigenvalue weighted by molar-refractivity contribution is 0.355. The summed E-state index contributed by atoms with van der Waals surface area (Å²) < 4.78 is 10.3. The van der Waals surface area contributed by atoms with E-state index in [-0.39, 0.29) is 0 Å². The van der Waals surface area contributed by atoms with Gasteiger partial charge in [-0.3, -0.25) is 0 Å². The summed E-state index contributed by atoms with van der Waals surface area (Å²) in [5.74, 6) is 0.766. The van der Waals surface area contributed by atoms with Crippen LogP contribution in [0.5, 0.6) is 11.8 Å². The molecule has 1 aromatic carbocycles. The van der Waals surface area contributed by atoms with Gasteiger partial charge in [-0.05, 0) is 17.7 Å². The molecule has 21 heavy (non-hydrogen) atoms. The number of benzene rings is 1. The van der Waals surface area contributed by atoms with Crippen LogP contribution in [0.4, 0.5) is 5.69 Å². The van der Waals surface area contributed by atoms with Gasteiger partial charge in [-0.15, -0.1) is 0 Å². The fourth-order valence-electron chi connectivity index (χ4n) is 1.98. The highest BCUT2D eigenvalue weighted by Gasteiger charge is 2.18. The summed E-state index contributed by atoms with van der Waals surface area (Å²) in [5, 5.41) is 0. The van der Waals surface area contributed by atoms with Crippen LogP contribution in [0.15, 0.2) is 30.5 Å². The lowest BCUT2D eigenvalue weighted by Crippen LogP contribution is -2.17. The number of hydrogen-bond acceptors (Lipinski definition) is 6. The van der Waals surface area contributed by atoms with Gasteiger partial charge in [-0.25, -0.2) is 4.98 Å². The van der Waals surface area contributed by atoms with E-state index in [1.807, 2.05) is 43.3 Å². The van der Waals surface area contributed by atoms with Crippen LogP contribution in [0.1, 0.15) is 17.3 Å². The first kappa shape index (κ1) is 15.1. The molecule has 0 saturated heterocycles. The van der Waals surface area contributed by atoms with Crippen molar-refractivity contribution in [2.75, 3.05) is 33.2 Å². The van der Waals surface area contributed by atoms with Crippen molar-refractivity contribution in [3.05, 3.63) is 41.7 Å². The highest BCUT2D eigenvalue weighted by molar-refractivity contribution is 5.49. The number of ether oxygens (including phenoxy) is 2. The number of anilines is 1. The number of aromatic nitrogens is 2. The molecule has 0 amide bonds. The first-order chi connectivity index (χ1) is 10.1. The van der Waals surface area contributed by atoms with E-state index in [9.17, 15) is 0 Å². The number of nitrogens with zero attached hydrogens (tertiary/aromatic N) is 3. The molecule has 0 fully saturated rings. The van der Waals surface area contributed by atoms with Crippen LogP contribution in [0.3, 0.4) is 0 Å². The summed E-state index contributed by atoms with van der Waals surface area (Å²) >= 11 is 0. The average molecular weight is 288 g/mol. The summed E-state index contributed by atoms with van der Waals surface area (Å²) in [6.07, 6.45) is 1.54. The zero-order valence-electron chi connectivity index (χ0n) is 12.7. The van der Waals surface area contributed by atoms with Crippen LogP contribution < -0.4 is 20.1 Å². The topological polar surface area (TPSA) is 73.5 Å². The van der Waals surface area contributed by atoms with Gasteiger partial charge in [0.25, 0.3) is 0 Å². The van der Waals surface area contributed by atoms with E-state index in [4.69, 9.17) is 15.2 Å². The Bertz CT molecular complexity index is 616. The number of methoxy groups -OCH3 is 2. The summed E-state index contributed by atoms with van der Waals surface area (Å²) in [7, 11) is 7.04. The first-order valence-electron chi connectivity index (χ1n) is 6.54. The van der Waals surface area contributed by atoms with Gasteiger partial charge < -0.3 is 20.1 Å². The predicted octanol–water partition coefficient (Wildman–Crippen LogP) is 1.61. The fraction of sp³-hybridized carbons (Fsp3) is 0.333. The largest absolute Gasteiger partial charge is 0.480 e. The Morgan fingerprint density at radius 1 is 1.19 bits per heavy atom. The van der Waals surface area contributed by atoms with Crippen LogP contribution in [0.25, 0.3) is 0 Å². The molecule has 0 aliphatic carbocycles. The summed E-state index contributed by atoms with van der Waals surface area (Å²) in [4.78, 5) is 10.6. The smallest absolute Gasteiger partial charge is 0.240 e. The monoisotopic (exact) mass is 288 g/mol. The third-order valence-electron chi connectivity index (χ3n) is 3.19. The maximum absolute atomic E-state index is 6.31. The second-order valence-electron chi connectivity index (χ2n) is 4.77. The fourth-order valence-corrected chi connectivity index (χ4v) is 1.98. The van der Waals surface area contributed by atoms with E-state index in [0.717, 1.165) is 11.3 Å². The molecule has 1 unspecified atom stereocenters. The lowest BCUT2D eigenvalue weighted by atomic mass is 10.0. The molecule has 1 aromatic heterocycles. The molecule has 1 heterocycles. The first-order valence-corrected chi connectivity index (χ1v) is 6.54. The molecule has 0 spiro atoms. The molecule has 0 bridgehead atoms. The minimum absolute atomic E-state index is 0.372. The van der Waals surface area contributed by atoms with Gasteiger partial charge in [-0.1, -0.05) is 12.1 Å². The van der Waals surface area contributed by atoms with Crippen molar-refractivity contribution in [2.45, 2.75) is 6.04 Å². The third-order valence-corrected chi connectivity index (χ3v) is 3.19. The molecule has 2 aromatic rings. The van der Waals surface area contributed by atoms with Crippen molar-refractivity contribution < 1.29 is 9.47 Å². The Morgan fingerprint density at radius 2 is 1.95 bits per heavy atom. The van der Waals surface area contributed by atoms with Crippen LogP contribution >= 0.6 is 0 Å². The average Bonchev–Trinajstić information content (AvgIpc) is 2.53. The Hall–Kier alpha value is -2.34. The third kappa shape index (κ3) is 3.22. The molecule has 2 rings (SSSR count). The summed E-state index contributed by atoms with van der Waals surface area (Å²) in [6, 6.07) is 7.55. The van der Waals surface area contributed by atoms with Gasteiger partial charge in [0.15, 0.2) is 0 Å². The van der Waals surface area contributed by atoms with Crippen molar-refractivity contribution in [1.29, 1.82) is 0 Å². The zero-order valence-corrected chi connectivity index (χ0v) is 12.7. The Kier molecular flexibility index (Phi) is 4.59. The van der Waals surface area contributed by atoms with E-state index < -0.39 is 6.04 Å². The van der Waals surface area contributed by atoms with E-state index >= 15 is 0 Å². The molecule has 0 aliphatic rings. The minimum atomic E-state index is -0.418. The zero-order chi connectivity index (χ0) is 15.4. The number of hydrogen-bond donors (Lipinski definition) is 1. The second kappa shape index (κ2) is 6.41. The van der Waals surface area contributed by atoms with E-state index in [1.165, 1.54) is 20.4 Å². The van der Waals surface area contributed by atoms with Gasteiger partial charge in [0.2, 0.25) is 11.8 Å². The van der Waals surface area contributed by atoms with Crippen molar-refractivity contribution in [2.24, 2.45) is 5.73 Å². The van der Waals surface area contributed by atoms with Crippen molar-refractivity contribution in [3.8, 4) is 11.8 Å². The van der Waals surface area contributed by atoms with Gasteiger partial charge in [0, 0.05) is 19.8 Å². The predicted molar refractivity (Wildman–Crippen MR) is 81.9 cm³/mol. The Morgan fingerprint density at radius 3 is 2.57 bits per heavy atom. The Labute approximate surface area is 124 Å². The van der Waals surface area contributed by atoms with E-state index in [1.54, 1.807) is 0 Å². The molecule has 0 aliphatic heterocycles. The molecular weight excluding hydrogens is 268 g/mol. The highest BCUT2D eigenvalue weighted by atomic mass is 16.5. The lowest BCUT2D eigenvalue weighted by Gasteiger charge is -2.18. The van der Waals surface area contributed by atoms with Crippen molar-refractivity contribution >= 4 is 5.69 Å². The minimum Gasteiger partial charge on any atom is -0.480 e. The van der Waals surface area contributed by atoms with Crippen molar-refractivity contribution in [3.63, 3.8) is 0 Å². The van der Waals surface area contributed by atoms with E-state index in [0.29, 0.717) is 17.5 Å². The molecule has 6 heteroatoms. The van der Waals surface area contributed by atoms with Crippen LogP contribution in [-0.2, 0) is 0 Å². The number of nitrogens with two attached hydrogens (primary N) is 1. The van der Waals surface area contributed by atoms with Gasteiger partial charge in [0.1, 0.15) is 5.69 Å². The highest BCUT2D eigenvalue weighted by Crippen LogP contribution is 2.28. The van der Waals surface area contributed by atoms with E-state index in [2.05, 4.69) is 9.97 Å². The molecule has 0 saturated carbocycles. The van der Waals surface area contributed by atoms with Crippen LogP contribution in [-0.4, -0.2) is 38.3 Å². The molecule has 6 nitrogen and oxygen atoms in total. The summed E-state index contributed by atoms with van der Waals surface area (Å²) in [6.45, 7) is 0. The number of rotatable bonds is 5. The van der Waals surface area contributed by atoms with Crippen LogP contribution in [0, 0.1) is 0 Å². The van der Waals surface area contributed by atoms with Gasteiger partial charge >= 0.3 is 0 Å². The van der Waals surface area contributed by atoms with Gasteiger partial charge in [0.05, 0.1) is 26.5 Å². The molecule has 1 atom stereocenters.